The van der Waals surface area contributed by atoms with Gasteiger partial charge < -0.3 is 19.9 Å². The highest BCUT2D eigenvalue weighted by atomic mass is 32.1. The van der Waals surface area contributed by atoms with E-state index in [9.17, 15) is 10.2 Å². The SMILES string of the molecule is CCCc1cc2c(-n3c(-c4cc(C5CC5)c(O)cc4O)n[nH]c3=S)ccc(OC)c2[nH]1. The van der Waals surface area contributed by atoms with Gasteiger partial charge in [0.05, 0.1) is 23.9 Å². The lowest BCUT2D eigenvalue weighted by Gasteiger charge is -2.13. The Labute approximate surface area is 184 Å². The molecule has 31 heavy (non-hydrogen) atoms. The predicted octanol–water partition coefficient (Wildman–Crippen LogP) is 5.33. The Morgan fingerprint density at radius 2 is 2.00 bits per heavy atom. The number of phenolic OH excluding ortho intramolecular Hbond substituents is 2. The number of nitrogens with one attached hydrogen (secondary N) is 2. The van der Waals surface area contributed by atoms with Gasteiger partial charge in [0.15, 0.2) is 10.6 Å². The van der Waals surface area contributed by atoms with Gasteiger partial charge in [-0.2, -0.15) is 5.10 Å². The lowest BCUT2D eigenvalue weighted by molar-refractivity contribution is 0.419. The smallest absolute Gasteiger partial charge is 0.200 e. The van der Waals surface area contributed by atoms with Crippen molar-refractivity contribution in [3.8, 4) is 34.3 Å². The van der Waals surface area contributed by atoms with Crippen molar-refractivity contribution in [3.05, 3.63) is 46.4 Å². The molecular formula is C23H24N4O3S. The first-order valence-electron chi connectivity index (χ1n) is 10.4. The molecule has 0 radical (unpaired) electrons. The molecule has 1 aliphatic rings. The number of phenols is 2. The third-order valence-corrected chi connectivity index (χ3v) is 6.12. The number of hydrogen-bond acceptors (Lipinski definition) is 5. The second-order valence-corrected chi connectivity index (χ2v) is 8.40. The van der Waals surface area contributed by atoms with Gasteiger partial charge in [0.1, 0.15) is 17.2 Å². The minimum atomic E-state index is -0.0392. The zero-order valence-electron chi connectivity index (χ0n) is 17.4. The molecule has 0 unspecified atom stereocenters. The quantitative estimate of drug-likeness (QED) is 0.306. The number of benzene rings is 2. The van der Waals surface area contributed by atoms with Crippen LogP contribution < -0.4 is 4.74 Å². The van der Waals surface area contributed by atoms with Crippen molar-refractivity contribution in [1.82, 2.24) is 19.7 Å². The fraction of sp³-hybridized carbons (Fsp3) is 0.304. The molecule has 0 saturated heterocycles. The molecule has 2 heterocycles. The minimum Gasteiger partial charge on any atom is -0.508 e. The van der Waals surface area contributed by atoms with Crippen LogP contribution in [0.4, 0.5) is 0 Å². The van der Waals surface area contributed by atoms with Crippen molar-refractivity contribution >= 4 is 23.1 Å². The predicted molar refractivity (Wildman–Crippen MR) is 122 cm³/mol. The number of nitrogens with zero attached hydrogens (tertiary/aromatic N) is 2. The summed E-state index contributed by atoms with van der Waals surface area (Å²) >= 11 is 5.58. The summed E-state index contributed by atoms with van der Waals surface area (Å²) in [6.07, 6.45) is 4.01. The van der Waals surface area contributed by atoms with E-state index in [2.05, 4.69) is 28.2 Å². The molecule has 0 atom stereocenters. The third-order valence-electron chi connectivity index (χ3n) is 5.84. The number of aromatic nitrogens is 4. The van der Waals surface area contributed by atoms with E-state index >= 15 is 0 Å². The molecule has 0 aliphatic heterocycles. The number of ether oxygens (including phenoxy) is 1. The third kappa shape index (κ3) is 3.27. The molecule has 4 aromatic rings. The van der Waals surface area contributed by atoms with E-state index in [1.807, 2.05) is 22.8 Å². The van der Waals surface area contributed by atoms with Gasteiger partial charge in [-0.25, -0.2) is 0 Å². The van der Waals surface area contributed by atoms with Gasteiger partial charge in [0, 0.05) is 17.1 Å². The van der Waals surface area contributed by atoms with E-state index in [0.29, 0.717) is 22.1 Å². The first kappa shape index (κ1) is 19.7. The molecule has 1 fully saturated rings. The van der Waals surface area contributed by atoms with Gasteiger partial charge >= 0.3 is 0 Å². The van der Waals surface area contributed by atoms with Crippen molar-refractivity contribution in [2.45, 2.75) is 38.5 Å². The van der Waals surface area contributed by atoms with E-state index in [1.54, 1.807) is 7.11 Å². The normalized spacial score (nSPS) is 13.7. The number of methoxy groups -OCH3 is 1. The number of fused-ring (bicyclic) bond motifs is 1. The summed E-state index contributed by atoms with van der Waals surface area (Å²) in [6.45, 7) is 2.14. The Bertz CT molecular complexity index is 1350. The average Bonchev–Trinajstić information content (AvgIpc) is 3.39. The molecule has 0 bridgehead atoms. The zero-order valence-corrected chi connectivity index (χ0v) is 18.2. The number of H-pyrrole nitrogens is 2. The molecular weight excluding hydrogens is 412 g/mol. The minimum absolute atomic E-state index is 0.0392. The summed E-state index contributed by atoms with van der Waals surface area (Å²) in [5.74, 6) is 1.65. The van der Waals surface area contributed by atoms with Crippen molar-refractivity contribution in [2.75, 3.05) is 7.11 Å². The summed E-state index contributed by atoms with van der Waals surface area (Å²) in [7, 11) is 1.65. The highest BCUT2D eigenvalue weighted by Crippen LogP contribution is 2.47. The molecule has 1 saturated carbocycles. The van der Waals surface area contributed by atoms with Crippen LogP contribution in [0.5, 0.6) is 17.2 Å². The van der Waals surface area contributed by atoms with E-state index < -0.39 is 0 Å². The number of rotatable bonds is 6. The number of aryl methyl sites for hydroxylation is 1. The first-order chi connectivity index (χ1) is 15.0. The van der Waals surface area contributed by atoms with Crippen molar-refractivity contribution in [2.24, 2.45) is 0 Å². The van der Waals surface area contributed by atoms with Crippen molar-refractivity contribution in [1.29, 1.82) is 0 Å². The molecule has 7 nitrogen and oxygen atoms in total. The molecule has 2 aromatic carbocycles. The van der Waals surface area contributed by atoms with E-state index in [-0.39, 0.29) is 11.5 Å². The zero-order chi connectivity index (χ0) is 21.7. The Kier molecular flexibility index (Phi) is 4.74. The fourth-order valence-corrected chi connectivity index (χ4v) is 4.43. The molecule has 8 heteroatoms. The number of aromatic hydroxyl groups is 2. The maximum absolute atomic E-state index is 10.6. The second kappa shape index (κ2) is 7.46. The lowest BCUT2D eigenvalue weighted by Crippen LogP contribution is -2.00. The van der Waals surface area contributed by atoms with E-state index in [4.69, 9.17) is 17.0 Å². The second-order valence-electron chi connectivity index (χ2n) is 8.01. The van der Waals surface area contributed by atoms with E-state index in [0.717, 1.165) is 59.3 Å². The van der Waals surface area contributed by atoms with Gasteiger partial charge in [0.25, 0.3) is 0 Å². The van der Waals surface area contributed by atoms with Crippen LogP contribution in [0.25, 0.3) is 28.0 Å². The van der Waals surface area contributed by atoms with E-state index in [1.165, 1.54) is 6.07 Å². The lowest BCUT2D eigenvalue weighted by atomic mass is 10.0. The highest BCUT2D eigenvalue weighted by Gasteiger charge is 2.29. The molecule has 4 N–H and O–H groups in total. The van der Waals surface area contributed by atoms with Gasteiger partial charge in [-0.05, 0) is 67.2 Å². The van der Waals surface area contributed by atoms with Crippen LogP contribution in [-0.2, 0) is 6.42 Å². The van der Waals surface area contributed by atoms with Gasteiger partial charge in [0.2, 0.25) is 0 Å². The Balaban J connectivity index is 1.74. The number of aromatic amines is 2. The Hall–Kier alpha value is -3.26. The largest absolute Gasteiger partial charge is 0.508 e. The maximum atomic E-state index is 10.6. The highest BCUT2D eigenvalue weighted by molar-refractivity contribution is 7.71. The van der Waals surface area contributed by atoms with Crippen LogP contribution in [0.2, 0.25) is 0 Å². The average molecular weight is 437 g/mol. The number of hydrogen-bond donors (Lipinski definition) is 4. The fourth-order valence-electron chi connectivity index (χ4n) is 4.20. The van der Waals surface area contributed by atoms with Gasteiger partial charge in [-0.15, -0.1) is 0 Å². The summed E-state index contributed by atoms with van der Waals surface area (Å²) in [5.41, 5.74) is 4.21. The summed E-state index contributed by atoms with van der Waals surface area (Å²) in [5, 5.41) is 29.2. The topological polar surface area (TPSA) is 99.1 Å². The molecule has 160 valence electrons. The molecule has 0 amide bonds. The van der Waals surface area contributed by atoms with Crippen LogP contribution in [0.1, 0.15) is 43.4 Å². The summed E-state index contributed by atoms with van der Waals surface area (Å²) in [4.78, 5) is 3.46. The maximum Gasteiger partial charge on any atom is 0.200 e. The monoisotopic (exact) mass is 436 g/mol. The Morgan fingerprint density at radius 3 is 2.71 bits per heavy atom. The molecule has 0 spiro atoms. The van der Waals surface area contributed by atoms with Gasteiger partial charge in [-0.1, -0.05) is 13.3 Å². The molecule has 1 aliphatic carbocycles. The van der Waals surface area contributed by atoms with Crippen LogP contribution in [0.15, 0.2) is 30.3 Å². The van der Waals surface area contributed by atoms with Crippen molar-refractivity contribution in [3.63, 3.8) is 0 Å². The molecule has 5 rings (SSSR count). The first-order valence-corrected chi connectivity index (χ1v) is 10.8. The standard InChI is InChI=1S/C23H24N4O3S/c1-3-4-13-9-15-17(7-8-20(30-2)21(15)24-13)27-22(25-26-23(27)31)16-10-14(12-5-6-12)18(28)11-19(16)29/h7-12,24,28-29H,3-6H2,1-2H3,(H,26,31). The Morgan fingerprint density at radius 1 is 1.19 bits per heavy atom. The van der Waals surface area contributed by atoms with Crippen molar-refractivity contribution < 1.29 is 14.9 Å². The van der Waals surface area contributed by atoms with Gasteiger partial charge in [-0.3, -0.25) is 9.67 Å². The van der Waals surface area contributed by atoms with Crippen LogP contribution >= 0.6 is 12.2 Å². The van der Waals surface area contributed by atoms with Crippen LogP contribution in [0, 0.1) is 4.77 Å². The van der Waals surface area contributed by atoms with Crippen LogP contribution in [0.3, 0.4) is 0 Å². The van der Waals surface area contributed by atoms with Crippen LogP contribution in [-0.4, -0.2) is 37.1 Å². The summed E-state index contributed by atoms with van der Waals surface area (Å²) in [6, 6.07) is 9.17. The molecule has 2 aromatic heterocycles. The summed E-state index contributed by atoms with van der Waals surface area (Å²) < 4.78 is 7.80.